The maximum Gasteiger partial charge on any atom is 0.261 e. The molecule has 0 aliphatic carbocycles. The van der Waals surface area contributed by atoms with Crippen molar-refractivity contribution in [3.05, 3.63) is 56.7 Å². The van der Waals surface area contributed by atoms with Crippen molar-refractivity contribution in [2.45, 2.75) is 0 Å². The summed E-state index contributed by atoms with van der Waals surface area (Å²) in [5.74, 6) is 1.70. The van der Waals surface area contributed by atoms with Gasteiger partial charge in [-0.15, -0.1) is 11.3 Å². The highest BCUT2D eigenvalue weighted by molar-refractivity contribution is 9.10. The highest BCUT2D eigenvalue weighted by Crippen LogP contribution is 2.16. The van der Waals surface area contributed by atoms with Gasteiger partial charge in [0, 0.05) is 4.47 Å². The first-order chi connectivity index (χ1) is 9.20. The second-order valence-electron chi connectivity index (χ2n) is 3.75. The van der Waals surface area contributed by atoms with Crippen molar-refractivity contribution in [1.29, 1.82) is 0 Å². The molecule has 0 saturated heterocycles. The first-order valence-corrected chi connectivity index (χ1v) is 7.19. The Morgan fingerprint density at radius 2 is 2.00 bits per heavy atom. The highest BCUT2D eigenvalue weighted by Gasteiger charge is 2.08. The summed E-state index contributed by atoms with van der Waals surface area (Å²) in [5.41, 5.74) is 1.18. The van der Waals surface area contributed by atoms with E-state index < -0.39 is 0 Å². The lowest BCUT2D eigenvalue weighted by atomic mass is 10.1. The Hall–Kier alpha value is -1.68. The molecule has 0 unspecified atom stereocenters. The number of carbonyl (C=O) groups excluding carboxylic acids is 2. The molecule has 19 heavy (non-hydrogen) atoms. The van der Waals surface area contributed by atoms with E-state index >= 15 is 0 Å². The normalized spacial score (nSPS) is 9.74. The number of nitrogens with one attached hydrogen (secondary N) is 1. The molecule has 0 saturated carbocycles. The second kappa shape index (κ2) is 6.48. The predicted octanol–water partition coefficient (Wildman–Crippen LogP) is 3.16. The fourth-order valence-electron chi connectivity index (χ4n) is 1.51. The lowest BCUT2D eigenvalue weighted by Gasteiger charge is -2.05. The van der Waals surface area contributed by atoms with Gasteiger partial charge in [0.2, 0.25) is 0 Å². The lowest BCUT2D eigenvalue weighted by Crippen LogP contribution is -2.24. The maximum absolute atomic E-state index is 11.8. The van der Waals surface area contributed by atoms with Gasteiger partial charge in [-0.25, -0.2) is 4.79 Å². The molecule has 1 amide bonds. The summed E-state index contributed by atoms with van der Waals surface area (Å²) in [5, 5.41) is 4.54. The van der Waals surface area contributed by atoms with Gasteiger partial charge in [-0.2, -0.15) is 0 Å². The van der Waals surface area contributed by atoms with Crippen molar-refractivity contribution in [3.8, 4) is 0 Å². The van der Waals surface area contributed by atoms with Crippen LogP contribution in [-0.2, 0) is 4.79 Å². The van der Waals surface area contributed by atoms with Gasteiger partial charge >= 0.3 is 0 Å². The Morgan fingerprint density at radius 3 is 2.58 bits per heavy atom. The number of rotatable bonds is 4. The third kappa shape index (κ3) is 3.64. The average molecular weight is 336 g/mol. The Balaban J connectivity index is 2.03. The van der Waals surface area contributed by atoms with Crippen molar-refractivity contribution >= 4 is 44.7 Å². The number of halogens is 1. The Labute approximate surface area is 123 Å². The fourth-order valence-corrected chi connectivity index (χ4v) is 2.42. The molecule has 0 fully saturated rings. The third-order valence-corrected chi connectivity index (χ3v) is 3.88. The first kappa shape index (κ1) is 13.7. The molecular formula is C14H10BrNO2S. The Bertz CT molecular complexity index is 613. The third-order valence-electron chi connectivity index (χ3n) is 2.49. The van der Waals surface area contributed by atoms with Gasteiger partial charge in [-0.1, -0.05) is 34.1 Å². The van der Waals surface area contributed by atoms with Gasteiger partial charge in [-0.3, -0.25) is 4.79 Å². The summed E-state index contributed by atoms with van der Waals surface area (Å²) >= 11 is 4.69. The van der Waals surface area contributed by atoms with Crippen LogP contribution in [0.15, 0.2) is 46.3 Å². The standard InChI is InChI=1S/C14H10BrNO2S/c15-12-5-3-10(4-6-12)11(9-17)8-16-14(18)13-2-1-7-19-13/h1-7H,8H2,(H,16,18). The average Bonchev–Trinajstić information content (AvgIpc) is 2.95. The second-order valence-corrected chi connectivity index (χ2v) is 5.61. The molecule has 0 atom stereocenters. The molecule has 0 aliphatic heterocycles. The van der Waals surface area contributed by atoms with Gasteiger partial charge in [-0.05, 0) is 29.1 Å². The summed E-state index contributed by atoms with van der Waals surface area (Å²) in [6.07, 6.45) is 0. The molecule has 1 aromatic carbocycles. The van der Waals surface area contributed by atoms with E-state index in [4.69, 9.17) is 0 Å². The van der Waals surface area contributed by atoms with Crippen LogP contribution in [0.3, 0.4) is 0 Å². The number of thiophene rings is 1. The molecule has 3 nitrogen and oxygen atoms in total. The molecule has 0 spiro atoms. The van der Waals surface area contributed by atoms with Crippen LogP contribution < -0.4 is 5.32 Å². The smallest absolute Gasteiger partial charge is 0.261 e. The first-order valence-electron chi connectivity index (χ1n) is 5.52. The highest BCUT2D eigenvalue weighted by atomic mass is 79.9. The van der Waals surface area contributed by atoms with Crippen LogP contribution in [0, 0.1) is 0 Å². The van der Waals surface area contributed by atoms with Crippen LogP contribution in [0.5, 0.6) is 0 Å². The van der Waals surface area contributed by atoms with Crippen LogP contribution in [0.2, 0.25) is 0 Å². The van der Waals surface area contributed by atoms with E-state index in [-0.39, 0.29) is 12.5 Å². The van der Waals surface area contributed by atoms with Crippen molar-refractivity contribution in [2.24, 2.45) is 0 Å². The van der Waals surface area contributed by atoms with Crippen molar-refractivity contribution < 1.29 is 9.59 Å². The molecule has 0 radical (unpaired) electrons. The minimum Gasteiger partial charge on any atom is -0.346 e. The largest absolute Gasteiger partial charge is 0.346 e. The summed E-state index contributed by atoms with van der Waals surface area (Å²) < 4.78 is 0.934. The summed E-state index contributed by atoms with van der Waals surface area (Å²) in [6, 6.07) is 10.8. The monoisotopic (exact) mass is 335 g/mol. The van der Waals surface area contributed by atoms with Gasteiger partial charge < -0.3 is 5.32 Å². The van der Waals surface area contributed by atoms with Crippen molar-refractivity contribution in [1.82, 2.24) is 5.32 Å². The number of hydrogen-bond donors (Lipinski definition) is 1. The van der Waals surface area contributed by atoms with E-state index in [1.165, 1.54) is 11.3 Å². The van der Waals surface area contributed by atoms with E-state index in [0.717, 1.165) is 10.0 Å². The van der Waals surface area contributed by atoms with Crippen LogP contribution in [0.4, 0.5) is 0 Å². The molecule has 1 heterocycles. The SMILES string of the molecule is O=C=C(CNC(=O)c1cccs1)c1ccc(Br)cc1. The zero-order chi connectivity index (χ0) is 13.7. The summed E-state index contributed by atoms with van der Waals surface area (Å²) in [6.45, 7) is 0.169. The van der Waals surface area contributed by atoms with E-state index in [1.807, 2.05) is 41.7 Å². The fraction of sp³-hybridized carbons (Fsp3) is 0.0714. The van der Waals surface area contributed by atoms with Crippen LogP contribution in [0.1, 0.15) is 15.2 Å². The number of amides is 1. The zero-order valence-corrected chi connectivity index (χ0v) is 12.3. The summed E-state index contributed by atoms with van der Waals surface area (Å²) in [4.78, 5) is 23.4. The molecule has 0 bridgehead atoms. The van der Waals surface area contributed by atoms with Crippen LogP contribution >= 0.6 is 27.3 Å². The van der Waals surface area contributed by atoms with Crippen molar-refractivity contribution in [3.63, 3.8) is 0 Å². The molecule has 2 aromatic rings. The van der Waals surface area contributed by atoms with Gasteiger partial charge in [0.05, 0.1) is 17.0 Å². The number of carbonyl (C=O) groups is 1. The van der Waals surface area contributed by atoms with Crippen molar-refractivity contribution in [2.75, 3.05) is 6.54 Å². The maximum atomic E-state index is 11.8. The number of benzene rings is 1. The Morgan fingerprint density at radius 1 is 1.26 bits per heavy atom. The Kier molecular flexibility index (Phi) is 4.68. The lowest BCUT2D eigenvalue weighted by molar-refractivity contribution is 0.0963. The minimum atomic E-state index is -0.181. The molecule has 0 aliphatic rings. The molecule has 96 valence electrons. The van der Waals surface area contributed by atoms with E-state index in [0.29, 0.717) is 10.5 Å². The topological polar surface area (TPSA) is 46.2 Å². The van der Waals surface area contributed by atoms with E-state index in [2.05, 4.69) is 21.2 Å². The van der Waals surface area contributed by atoms with Gasteiger partial charge in [0.1, 0.15) is 5.94 Å². The minimum absolute atomic E-state index is 0.169. The van der Waals surface area contributed by atoms with Crippen LogP contribution in [0.25, 0.3) is 5.57 Å². The predicted molar refractivity (Wildman–Crippen MR) is 79.9 cm³/mol. The molecule has 2 rings (SSSR count). The van der Waals surface area contributed by atoms with Crippen LogP contribution in [-0.4, -0.2) is 18.4 Å². The van der Waals surface area contributed by atoms with Gasteiger partial charge in [0.15, 0.2) is 0 Å². The van der Waals surface area contributed by atoms with Gasteiger partial charge in [0.25, 0.3) is 5.91 Å². The van der Waals surface area contributed by atoms with E-state index in [1.54, 1.807) is 6.07 Å². The molecule has 1 N–H and O–H groups in total. The molecular weight excluding hydrogens is 326 g/mol. The quantitative estimate of drug-likeness (QED) is 0.872. The summed E-state index contributed by atoms with van der Waals surface area (Å²) in [7, 11) is 0. The molecule has 1 aromatic heterocycles. The zero-order valence-electron chi connectivity index (χ0n) is 9.85. The number of hydrogen-bond acceptors (Lipinski definition) is 3. The van der Waals surface area contributed by atoms with E-state index in [9.17, 15) is 9.59 Å². The molecule has 5 heteroatoms.